The highest BCUT2D eigenvalue weighted by Gasteiger charge is 2.07. The van der Waals surface area contributed by atoms with E-state index >= 15 is 0 Å². The highest BCUT2D eigenvalue weighted by molar-refractivity contribution is 5.42. The molecule has 0 unspecified atom stereocenters. The molecule has 4 heteroatoms. The maximum Gasteiger partial charge on any atom is 0.160 e. The molecular weight excluding hydrogens is 170 g/mol. The topological polar surface area (TPSA) is 61.7 Å². The maximum atomic E-state index is 9.28. The number of methoxy groups -OCH3 is 1. The molecule has 0 fully saturated rings. The molecule has 1 aromatic carbocycles. The summed E-state index contributed by atoms with van der Waals surface area (Å²) in [6, 6.07) is 4.73. The van der Waals surface area contributed by atoms with E-state index in [2.05, 4.69) is 5.48 Å². The van der Waals surface area contributed by atoms with Crippen LogP contribution in [-0.4, -0.2) is 17.4 Å². The van der Waals surface area contributed by atoms with Crippen molar-refractivity contribution in [3.05, 3.63) is 23.8 Å². The molecule has 3 N–H and O–H groups in total. The van der Waals surface area contributed by atoms with Gasteiger partial charge in [0.25, 0.3) is 0 Å². The predicted molar refractivity (Wildman–Crippen MR) is 48.0 cm³/mol. The molecule has 0 spiro atoms. The van der Waals surface area contributed by atoms with E-state index in [0.29, 0.717) is 5.75 Å². The fourth-order valence-corrected chi connectivity index (χ4v) is 1.04. The zero-order valence-electron chi connectivity index (χ0n) is 7.61. The van der Waals surface area contributed by atoms with Gasteiger partial charge in [0.15, 0.2) is 11.5 Å². The van der Waals surface area contributed by atoms with Crippen molar-refractivity contribution in [3.8, 4) is 11.5 Å². The Bertz CT molecular complexity index is 288. The first-order chi connectivity index (χ1) is 6.19. The van der Waals surface area contributed by atoms with Crippen LogP contribution in [0.25, 0.3) is 0 Å². The molecule has 72 valence electrons. The first-order valence-electron chi connectivity index (χ1n) is 3.95. The third-order valence-electron chi connectivity index (χ3n) is 1.90. The summed E-state index contributed by atoms with van der Waals surface area (Å²) >= 11 is 0. The fraction of sp³-hybridized carbons (Fsp3) is 0.333. The summed E-state index contributed by atoms with van der Waals surface area (Å²) in [5.41, 5.74) is 2.96. The molecule has 0 bridgehead atoms. The quantitative estimate of drug-likeness (QED) is 0.620. The Balaban J connectivity index is 2.99. The maximum absolute atomic E-state index is 9.28. The summed E-state index contributed by atoms with van der Waals surface area (Å²) in [6.07, 6.45) is 0. The van der Waals surface area contributed by atoms with Crippen molar-refractivity contribution in [3.63, 3.8) is 0 Å². The van der Waals surface area contributed by atoms with Crippen molar-refractivity contribution >= 4 is 0 Å². The lowest BCUT2D eigenvalue weighted by Crippen LogP contribution is -2.12. The average molecular weight is 183 g/mol. The second-order valence-electron chi connectivity index (χ2n) is 2.78. The Kier molecular flexibility index (Phi) is 3.11. The monoisotopic (exact) mass is 183 g/mol. The van der Waals surface area contributed by atoms with Crippen molar-refractivity contribution in [2.75, 3.05) is 7.11 Å². The van der Waals surface area contributed by atoms with Gasteiger partial charge in [0.2, 0.25) is 0 Å². The first kappa shape index (κ1) is 9.83. The van der Waals surface area contributed by atoms with Crippen LogP contribution in [0.4, 0.5) is 0 Å². The molecule has 1 rings (SSSR count). The zero-order valence-corrected chi connectivity index (χ0v) is 7.61. The zero-order chi connectivity index (χ0) is 9.84. The molecule has 0 aliphatic carbocycles. The molecule has 0 saturated carbocycles. The van der Waals surface area contributed by atoms with Crippen molar-refractivity contribution < 1.29 is 15.1 Å². The minimum absolute atomic E-state index is 0.0939. The number of nitrogens with one attached hydrogen (secondary N) is 1. The van der Waals surface area contributed by atoms with Gasteiger partial charge in [-0.15, -0.1) is 0 Å². The second-order valence-corrected chi connectivity index (χ2v) is 2.78. The lowest BCUT2D eigenvalue weighted by atomic mass is 10.1. The minimum atomic E-state index is -0.186. The van der Waals surface area contributed by atoms with E-state index in [-0.39, 0.29) is 11.8 Å². The Hall–Kier alpha value is -1.26. The Morgan fingerprint density at radius 1 is 1.46 bits per heavy atom. The van der Waals surface area contributed by atoms with E-state index in [0.717, 1.165) is 5.56 Å². The predicted octanol–water partition coefficient (Wildman–Crippen LogP) is 1.44. The van der Waals surface area contributed by atoms with Crippen LogP contribution in [0.15, 0.2) is 18.2 Å². The average Bonchev–Trinajstić information content (AvgIpc) is 2.17. The third kappa shape index (κ3) is 2.11. The summed E-state index contributed by atoms with van der Waals surface area (Å²) in [7, 11) is 1.48. The van der Waals surface area contributed by atoms with Crippen molar-refractivity contribution in [1.29, 1.82) is 0 Å². The van der Waals surface area contributed by atoms with Crippen LogP contribution < -0.4 is 10.2 Å². The van der Waals surface area contributed by atoms with Crippen LogP contribution in [0.1, 0.15) is 18.5 Å². The van der Waals surface area contributed by atoms with Gasteiger partial charge < -0.3 is 15.1 Å². The van der Waals surface area contributed by atoms with E-state index in [1.165, 1.54) is 13.2 Å². The summed E-state index contributed by atoms with van der Waals surface area (Å²) in [6.45, 7) is 1.80. The molecule has 1 atom stereocenters. The highest BCUT2D eigenvalue weighted by Crippen LogP contribution is 2.28. The Morgan fingerprint density at radius 2 is 2.15 bits per heavy atom. The van der Waals surface area contributed by atoms with Crippen molar-refractivity contribution in [2.24, 2.45) is 0 Å². The SMILES string of the molecule is COc1cc([C@@H](C)NO)ccc1O. The number of rotatable bonds is 3. The normalized spacial score (nSPS) is 12.5. The minimum Gasteiger partial charge on any atom is -0.504 e. The molecular formula is C9H13NO3. The molecule has 0 radical (unpaired) electrons. The third-order valence-corrected chi connectivity index (χ3v) is 1.90. The number of ether oxygens (including phenoxy) is 1. The van der Waals surface area contributed by atoms with Crippen LogP contribution in [0, 0.1) is 0 Å². The standard InChI is InChI=1S/C9H13NO3/c1-6(10-12)7-3-4-8(11)9(5-7)13-2/h3-6,10-12H,1-2H3/t6-/m1/s1. The summed E-state index contributed by atoms with van der Waals surface area (Å²) in [4.78, 5) is 0. The Labute approximate surface area is 76.7 Å². The van der Waals surface area contributed by atoms with E-state index in [4.69, 9.17) is 9.94 Å². The van der Waals surface area contributed by atoms with Crippen molar-refractivity contribution in [2.45, 2.75) is 13.0 Å². The molecule has 1 aromatic rings. The van der Waals surface area contributed by atoms with Gasteiger partial charge in [0.1, 0.15) is 0 Å². The van der Waals surface area contributed by atoms with E-state index in [9.17, 15) is 5.11 Å². The highest BCUT2D eigenvalue weighted by atomic mass is 16.5. The largest absolute Gasteiger partial charge is 0.504 e. The first-order valence-corrected chi connectivity index (χ1v) is 3.95. The van der Waals surface area contributed by atoms with Gasteiger partial charge in [-0.05, 0) is 24.6 Å². The van der Waals surface area contributed by atoms with Gasteiger partial charge in [0, 0.05) is 0 Å². The molecule has 0 aliphatic heterocycles. The van der Waals surface area contributed by atoms with Gasteiger partial charge in [-0.3, -0.25) is 0 Å². The summed E-state index contributed by atoms with van der Waals surface area (Å²) in [5, 5.41) is 17.9. The lowest BCUT2D eigenvalue weighted by molar-refractivity contribution is 0.133. The fourth-order valence-electron chi connectivity index (χ4n) is 1.04. The van der Waals surface area contributed by atoms with Crippen LogP contribution in [-0.2, 0) is 0 Å². The van der Waals surface area contributed by atoms with Gasteiger partial charge in [0.05, 0.1) is 13.2 Å². The molecule has 0 saturated heterocycles. The second kappa shape index (κ2) is 4.11. The van der Waals surface area contributed by atoms with Crippen LogP contribution in [0.2, 0.25) is 0 Å². The number of phenols is 1. The number of aromatic hydroxyl groups is 1. The number of hydrogen-bond acceptors (Lipinski definition) is 4. The number of benzene rings is 1. The van der Waals surface area contributed by atoms with Crippen LogP contribution in [0.3, 0.4) is 0 Å². The van der Waals surface area contributed by atoms with E-state index in [1.54, 1.807) is 19.1 Å². The van der Waals surface area contributed by atoms with Gasteiger partial charge in [-0.1, -0.05) is 6.07 Å². The molecule has 0 heterocycles. The lowest BCUT2D eigenvalue weighted by Gasteiger charge is -2.11. The van der Waals surface area contributed by atoms with E-state index < -0.39 is 0 Å². The molecule has 0 amide bonds. The Morgan fingerprint density at radius 3 is 2.69 bits per heavy atom. The number of hydrogen-bond donors (Lipinski definition) is 3. The molecule has 13 heavy (non-hydrogen) atoms. The van der Waals surface area contributed by atoms with E-state index in [1.807, 2.05) is 0 Å². The molecule has 4 nitrogen and oxygen atoms in total. The summed E-state index contributed by atoms with van der Waals surface area (Å²) in [5.74, 6) is 0.496. The summed E-state index contributed by atoms with van der Waals surface area (Å²) < 4.78 is 4.92. The smallest absolute Gasteiger partial charge is 0.160 e. The van der Waals surface area contributed by atoms with Gasteiger partial charge >= 0.3 is 0 Å². The molecule has 0 aromatic heterocycles. The van der Waals surface area contributed by atoms with Crippen LogP contribution in [0.5, 0.6) is 11.5 Å². The van der Waals surface area contributed by atoms with Gasteiger partial charge in [-0.25, -0.2) is 0 Å². The number of phenolic OH excluding ortho intramolecular Hbond substituents is 1. The molecule has 0 aliphatic rings. The van der Waals surface area contributed by atoms with Crippen molar-refractivity contribution in [1.82, 2.24) is 5.48 Å². The number of hydroxylamine groups is 1. The van der Waals surface area contributed by atoms with Crippen LogP contribution >= 0.6 is 0 Å². The van der Waals surface area contributed by atoms with Gasteiger partial charge in [-0.2, -0.15) is 5.48 Å².